The molecule has 0 aromatic carbocycles. The fraction of sp³-hybridized carbons (Fsp3) is 0.900. The summed E-state index contributed by atoms with van der Waals surface area (Å²) < 4.78 is 0. The molecule has 1 heterocycles. The largest absolute Gasteiger partial charge is 0.386 e. The van der Waals surface area contributed by atoms with Gasteiger partial charge in [0.15, 0.2) is 0 Å². The third kappa shape index (κ3) is 2.69. The summed E-state index contributed by atoms with van der Waals surface area (Å²) >= 11 is 0. The zero-order chi connectivity index (χ0) is 10.1. The summed E-state index contributed by atoms with van der Waals surface area (Å²) in [6, 6.07) is 0.111. The van der Waals surface area contributed by atoms with Crippen LogP contribution in [0.4, 0.5) is 0 Å². The lowest BCUT2D eigenvalue weighted by Gasteiger charge is -2.40. The van der Waals surface area contributed by atoms with Gasteiger partial charge in [-0.3, -0.25) is 10.3 Å². The van der Waals surface area contributed by atoms with Gasteiger partial charge in [0, 0.05) is 6.54 Å². The number of likely N-dealkylation sites (tertiary alicyclic amines) is 1. The summed E-state index contributed by atoms with van der Waals surface area (Å²) in [5.41, 5.74) is 5.89. The summed E-state index contributed by atoms with van der Waals surface area (Å²) in [6.07, 6.45) is 2.51. The molecule has 0 spiro atoms. The molecule has 0 amide bonds. The van der Waals surface area contributed by atoms with Crippen molar-refractivity contribution in [3.8, 4) is 0 Å². The van der Waals surface area contributed by atoms with E-state index in [1.54, 1.807) is 0 Å². The van der Waals surface area contributed by atoms with Crippen LogP contribution in [0.1, 0.15) is 33.6 Å². The zero-order valence-electron chi connectivity index (χ0n) is 8.93. The Morgan fingerprint density at radius 1 is 1.54 bits per heavy atom. The van der Waals surface area contributed by atoms with Crippen LogP contribution in [-0.4, -0.2) is 29.9 Å². The van der Waals surface area contributed by atoms with Crippen molar-refractivity contribution in [3.05, 3.63) is 0 Å². The molecule has 3 nitrogen and oxygen atoms in total. The van der Waals surface area contributed by atoms with Crippen molar-refractivity contribution in [3.63, 3.8) is 0 Å². The molecule has 0 aliphatic carbocycles. The van der Waals surface area contributed by atoms with E-state index in [0.29, 0.717) is 5.41 Å². The van der Waals surface area contributed by atoms with Crippen LogP contribution >= 0.6 is 0 Å². The Balaban J connectivity index is 2.56. The van der Waals surface area contributed by atoms with Gasteiger partial charge < -0.3 is 5.73 Å². The highest BCUT2D eigenvalue weighted by Gasteiger charge is 2.29. The number of amidine groups is 1. The molecule has 0 radical (unpaired) electrons. The number of nitrogens with two attached hydrogens (primary N) is 1. The highest BCUT2D eigenvalue weighted by atomic mass is 15.2. The second-order valence-corrected chi connectivity index (χ2v) is 4.87. The first-order valence-corrected chi connectivity index (χ1v) is 5.00. The zero-order valence-corrected chi connectivity index (χ0v) is 8.93. The van der Waals surface area contributed by atoms with Gasteiger partial charge in [-0.05, 0) is 31.7 Å². The first kappa shape index (κ1) is 10.5. The smallest absolute Gasteiger partial charge is 0.108 e. The third-order valence-electron chi connectivity index (χ3n) is 2.93. The van der Waals surface area contributed by atoms with Gasteiger partial charge in [0.2, 0.25) is 0 Å². The van der Waals surface area contributed by atoms with Gasteiger partial charge in [-0.2, -0.15) is 0 Å². The summed E-state index contributed by atoms with van der Waals surface area (Å²) in [6.45, 7) is 8.74. The highest BCUT2D eigenvalue weighted by molar-refractivity contribution is 5.82. The fourth-order valence-electron chi connectivity index (χ4n) is 2.00. The number of nitrogens with one attached hydrogen (secondary N) is 1. The molecule has 1 fully saturated rings. The molecule has 0 aromatic heterocycles. The summed E-state index contributed by atoms with van der Waals surface area (Å²) in [5, 5.41) is 7.40. The molecule has 1 unspecified atom stereocenters. The van der Waals surface area contributed by atoms with Gasteiger partial charge in [-0.25, -0.2) is 0 Å². The fourth-order valence-corrected chi connectivity index (χ4v) is 2.00. The van der Waals surface area contributed by atoms with Crippen LogP contribution in [0.25, 0.3) is 0 Å². The van der Waals surface area contributed by atoms with Crippen LogP contribution in [0.3, 0.4) is 0 Å². The lowest BCUT2D eigenvalue weighted by atomic mass is 9.83. The van der Waals surface area contributed by atoms with E-state index in [2.05, 4.69) is 18.7 Å². The maximum atomic E-state index is 7.40. The second-order valence-electron chi connectivity index (χ2n) is 4.87. The Labute approximate surface area is 80.8 Å². The molecule has 1 aliphatic rings. The van der Waals surface area contributed by atoms with Crippen molar-refractivity contribution in [2.75, 3.05) is 13.1 Å². The van der Waals surface area contributed by atoms with Crippen LogP contribution < -0.4 is 5.73 Å². The molecule has 0 saturated carbocycles. The van der Waals surface area contributed by atoms with Gasteiger partial charge in [0.25, 0.3) is 0 Å². The van der Waals surface area contributed by atoms with Gasteiger partial charge in [-0.1, -0.05) is 13.8 Å². The SMILES string of the molecule is CC(C(=N)N)N1CCCC(C)(C)C1. The van der Waals surface area contributed by atoms with Crippen LogP contribution in [0.2, 0.25) is 0 Å². The predicted molar refractivity (Wildman–Crippen MR) is 56.0 cm³/mol. The van der Waals surface area contributed by atoms with Crippen molar-refractivity contribution < 1.29 is 0 Å². The number of piperidine rings is 1. The van der Waals surface area contributed by atoms with Crippen molar-refractivity contribution in [2.45, 2.75) is 39.7 Å². The Kier molecular flexibility index (Phi) is 2.96. The third-order valence-corrected chi connectivity index (χ3v) is 2.93. The Morgan fingerprint density at radius 3 is 2.62 bits per heavy atom. The van der Waals surface area contributed by atoms with Gasteiger partial charge in [-0.15, -0.1) is 0 Å². The van der Waals surface area contributed by atoms with Crippen molar-refractivity contribution in [1.82, 2.24) is 4.90 Å². The molecule has 76 valence electrons. The minimum Gasteiger partial charge on any atom is -0.386 e. The normalized spacial score (nSPS) is 25.5. The van der Waals surface area contributed by atoms with E-state index in [-0.39, 0.29) is 11.9 Å². The predicted octanol–water partition coefficient (Wildman–Crippen LogP) is 1.43. The molecule has 1 atom stereocenters. The molecule has 13 heavy (non-hydrogen) atoms. The van der Waals surface area contributed by atoms with Crippen molar-refractivity contribution in [1.29, 1.82) is 5.41 Å². The molecule has 3 N–H and O–H groups in total. The Bertz CT molecular complexity index is 198. The quantitative estimate of drug-likeness (QED) is 0.502. The molecule has 1 aliphatic heterocycles. The van der Waals surface area contributed by atoms with Gasteiger partial charge in [0.1, 0.15) is 5.84 Å². The molecule has 1 saturated heterocycles. The Morgan fingerprint density at radius 2 is 2.15 bits per heavy atom. The highest BCUT2D eigenvalue weighted by Crippen LogP contribution is 2.29. The molecule has 3 heteroatoms. The van der Waals surface area contributed by atoms with Crippen molar-refractivity contribution in [2.24, 2.45) is 11.1 Å². The van der Waals surface area contributed by atoms with E-state index in [9.17, 15) is 0 Å². The number of hydrogen-bond acceptors (Lipinski definition) is 2. The van der Waals surface area contributed by atoms with Crippen LogP contribution in [0.5, 0.6) is 0 Å². The summed E-state index contributed by atoms with van der Waals surface area (Å²) in [4.78, 5) is 2.31. The molecule has 0 bridgehead atoms. The number of rotatable bonds is 2. The van der Waals surface area contributed by atoms with E-state index >= 15 is 0 Å². The topological polar surface area (TPSA) is 53.1 Å². The van der Waals surface area contributed by atoms with Crippen molar-refractivity contribution >= 4 is 5.84 Å². The van der Waals surface area contributed by atoms with E-state index in [0.717, 1.165) is 13.1 Å². The lowest BCUT2D eigenvalue weighted by Crippen LogP contribution is -2.49. The Hall–Kier alpha value is -0.570. The van der Waals surface area contributed by atoms with Crippen LogP contribution in [0, 0.1) is 10.8 Å². The standard InChI is InChI=1S/C10H21N3/c1-8(9(11)12)13-6-4-5-10(2,3)7-13/h8H,4-7H2,1-3H3,(H3,11,12). The van der Waals surface area contributed by atoms with E-state index < -0.39 is 0 Å². The van der Waals surface area contributed by atoms with Gasteiger partial charge >= 0.3 is 0 Å². The summed E-state index contributed by atoms with van der Waals surface area (Å²) in [7, 11) is 0. The molecular weight excluding hydrogens is 162 g/mol. The van der Waals surface area contributed by atoms with Crippen LogP contribution in [0.15, 0.2) is 0 Å². The minimum atomic E-state index is 0.111. The molecular formula is C10H21N3. The van der Waals surface area contributed by atoms with E-state index in [1.165, 1.54) is 12.8 Å². The molecule has 0 aromatic rings. The maximum absolute atomic E-state index is 7.40. The average Bonchev–Trinajstić information content (AvgIpc) is 2.01. The summed E-state index contributed by atoms with van der Waals surface area (Å²) in [5.74, 6) is 0.290. The number of hydrogen-bond donors (Lipinski definition) is 2. The van der Waals surface area contributed by atoms with E-state index in [4.69, 9.17) is 11.1 Å². The monoisotopic (exact) mass is 183 g/mol. The first-order chi connectivity index (χ1) is 5.92. The average molecular weight is 183 g/mol. The first-order valence-electron chi connectivity index (χ1n) is 5.00. The number of nitrogens with zero attached hydrogens (tertiary/aromatic N) is 1. The van der Waals surface area contributed by atoms with Crippen LogP contribution in [-0.2, 0) is 0 Å². The minimum absolute atomic E-state index is 0.111. The van der Waals surface area contributed by atoms with E-state index in [1.807, 2.05) is 6.92 Å². The maximum Gasteiger partial charge on any atom is 0.108 e. The van der Waals surface area contributed by atoms with Gasteiger partial charge in [0.05, 0.1) is 6.04 Å². The lowest BCUT2D eigenvalue weighted by molar-refractivity contribution is 0.106. The molecule has 1 rings (SSSR count). The second kappa shape index (κ2) is 3.66.